The van der Waals surface area contributed by atoms with Gasteiger partial charge in [0.25, 0.3) is 0 Å². The predicted molar refractivity (Wildman–Crippen MR) is 55.2 cm³/mol. The molecule has 1 aromatic rings. The van der Waals surface area contributed by atoms with Crippen molar-refractivity contribution in [3.8, 4) is 0 Å². The summed E-state index contributed by atoms with van der Waals surface area (Å²) in [4.78, 5) is 11.7. The Balaban J connectivity index is 2.95. The maximum absolute atomic E-state index is 11.7. The highest BCUT2D eigenvalue weighted by Gasteiger charge is 2.15. The van der Waals surface area contributed by atoms with Crippen LogP contribution in [-0.2, 0) is 0 Å². The van der Waals surface area contributed by atoms with Crippen molar-refractivity contribution in [2.24, 2.45) is 5.92 Å². The zero-order chi connectivity index (χ0) is 9.84. The predicted octanol–water partition coefficient (Wildman–Crippen LogP) is 3.57. The molecule has 0 heterocycles. The Bertz CT molecular complexity index is 307. The van der Waals surface area contributed by atoms with Crippen LogP contribution in [0.15, 0.2) is 24.3 Å². The summed E-state index contributed by atoms with van der Waals surface area (Å²) >= 11 is 5.90. The Kier molecular flexibility index (Phi) is 3.49. The van der Waals surface area contributed by atoms with Gasteiger partial charge in [-0.25, -0.2) is 0 Å². The summed E-state index contributed by atoms with van der Waals surface area (Å²) in [6.07, 6.45) is 0.851. The fourth-order valence-electron chi connectivity index (χ4n) is 1.11. The van der Waals surface area contributed by atoms with Crippen LogP contribution in [0.25, 0.3) is 0 Å². The smallest absolute Gasteiger partial charge is 0.167 e. The largest absolute Gasteiger partial charge is 0.294 e. The Morgan fingerprint density at radius 1 is 1.46 bits per heavy atom. The lowest BCUT2D eigenvalue weighted by Crippen LogP contribution is -2.10. The van der Waals surface area contributed by atoms with Crippen LogP contribution in [0, 0.1) is 5.92 Å². The molecule has 0 aliphatic rings. The van der Waals surface area contributed by atoms with Crippen LogP contribution in [-0.4, -0.2) is 5.78 Å². The van der Waals surface area contributed by atoms with E-state index in [1.807, 2.05) is 26.0 Å². The van der Waals surface area contributed by atoms with E-state index in [2.05, 4.69) is 0 Å². The summed E-state index contributed by atoms with van der Waals surface area (Å²) in [6.45, 7) is 3.92. The van der Waals surface area contributed by atoms with Gasteiger partial charge in [0.15, 0.2) is 5.78 Å². The van der Waals surface area contributed by atoms with Crippen LogP contribution >= 0.6 is 11.6 Å². The second-order valence-corrected chi connectivity index (χ2v) is 3.56. The first-order valence-electron chi connectivity index (χ1n) is 4.45. The number of carbonyl (C=O) groups is 1. The average Bonchev–Trinajstić information content (AvgIpc) is 2.16. The third kappa shape index (κ3) is 2.31. The molecule has 0 aliphatic carbocycles. The van der Waals surface area contributed by atoms with Gasteiger partial charge in [-0.1, -0.05) is 37.6 Å². The summed E-state index contributed by atoms with van der Waals surface area (Å²) < 4.78 is 0. The highest BCUT2D eigenvalue weighted by molar-refractivity contribution is 6.34. The van der Waals surface area contributed by atoms with E-state index in [1.165, 1.54) is 0 Å². The molecule has 0 aromatic heterocycles. The van der Waals surface area contributed by atoms with Crippen LogP contribution in [0.4, 0.5) is 0 Å². The number of halogens is 1. The number of ketones is 1. The van der Waals surface area contributed by atoms with Gasteiger partial charge in [-0.2, -0.15) is 0 Å². The lowest BCUT2D eigenvalue weighted by atomic mass is 9.97. The van der Waals surface area contributed by atoms with Crippen LogP contribution in [0.2, 0.25) is 5.02 Å². The number of carbonyl (C=O) groups excluding carboxylic acids is 1. The van der Waals surface area contributed by atoms with E-state index in [1.54, 1.807) is 12.1 Å². The topological polar surface area (TPSA) is 17.1 Å². The minimum atomic E-state index is 0.0555. The van der Waals surface area contributed by atoms with Gasteiger partial charge in [0.2, 0.25) is 0 Å². The number of rotatable bonds is 3. The molecule has 1 rings (SSSR count). The van der Waals surface area contributed by atoms with Gasteiger partial charge < -0.3 is 0 Å². The Morgan fingerprint density at radius 2 is 2.08 bits per heavy atom. The van der Waals surface area contributed by atoms with E-state index in [0.717, 1.165) is 6.42 Å². The maximum atomic E-state index is 11.7. The minimum Gasteiger partial charge on any atom is -0.294 e. The quantitative estimate of drug-likeness (QED) is 0.676. The summed E-state index contributed by atoms with van der Waals surface area (Å²) in [5.41, 5.74) is 0.638. The zero-order valence-electron chi connectivity index (χ0n) is 7.88. The third-order valence-electron chi connectivity index (χ3n) is 2.20. The van der Waals surface area contributed by atoms with Crippen molar-refractivity contribution < 1.29 is 4.79 Å². The second-order valence-electron chi connectivity index (χ2n) is 3.15. The molecule has 0 radical (unpaired) electrons. The summed E-state index contributed by atoms with van der Waals surface area (Å²) in [6, 6.07) is 7.19. The average molecular weight is 197 g/mol. The van der Waals surface area contributed by atoms with E-state index in [0.29, 0.717) is 10.6 Å². The first-order valence-corrected chi connectivity index (χ1v) is 4.83. The first kappa shape index (κ1) is 10.3. The number of benzene rings is 1. The number of Topliss-reactive ketones (excluding diaryl/α,β-unsaturated/α-hetero) is 1. The molecule has 0 N–H and O–H groups in total. The lowest BCUT2D eigenvalue weighted by molar-refractivity contribution is 0.0927. The molecular formula is C11H13ClO. The molecule has 0 spiro atoms. The maximum Gasteiger partial charge on any atom is 0.167 e. The molecule has 13 heavy (non-hydrogen) atoms. The number of hydrogen-bond acceptors (Lipinski definition) is 1. The number of hydrogen-bond donors (Lipinski definition) is 0. The molecule has 0 aliphatic heterocycles. The van der Waals surface area contributed by atoms with Crippen LogP contribution < -0.4 is 0 Å². The monoisotopic (exact) mass is 196 g/mol. The van der Waals surface area contributed by atoms with Gasteiger partial charge in [-0.05, 0) is 18.6 Å². The van der Waals surface area contributed by atoms with Crippen molar-refractivity contribution in [3.05, 3.63) is 34.9 Å². The Morgan fingerprint density at radius 3 is 2.62 bits per heavy atom. The molecule has 0 fully saturated rings. The molecule has 0 amide bonds. The molecule has 0 saturated carbocycles. The SMILES string of the molecule is CCC(C)C(=O)c1ccccc1Cl. The second kappa shape index (κ2) is 4.43. The van der Waals surface area contributed by atoms with Crippen molar-refractivity contribution in [3.63, 3.8) is 0 Å². The van der Waals surface area contributed by atoms with E-state index in [-0.39, 0.29) is 11.7 Å². The third-order valence-corrected chi connectivity index (χ3v) is 2.53. The molecule has 0 saturated heterocycles. The fraction of sp³-hybridized carbons (Fsp3) is 0.364. The van der Waals surface area contributed by atoms with Gasteiger partial charge in [-0.15, -0.1) is 0 Å². The molecular weight excluding hydrogens is 184 g/mol. The van der Waals surface area contributed by atoms with Crippen LogP contribution in [0.5, 0.6) is 0 Å². The van der Waals surface area contributed by atoms with E-state index < -0.39 is 0 Å². The highest BCUT2D eigenvalue weighted by Crippen LogP contribution is 2.19. The summed E-state index contributed by atoms with van der Waals surface area (Å²) in [5.74, 6) is 0.188. The van der Waals surface area contributed by atoms with Gasteiger partial charge in [0.05, 0.1) is 5.02 Å². The normalized spacial score (nSPS) is 12.5. The molecule has 2 heteroatoms. The molecule has 1 aromatic carbocycles. The lowest BCUT2D eigenvalue weighted by Gasteiger charge is -2.08. The molecule has 0 bridgehead atoms. The van der Waals surface area contributed by atoms with Crippen molar-refractivity contribution >= 4 is 17.4 Å². The molecule has 1 atom stereocenters. The standard InChI is InChI=1S/C11H13ClO/c1-3-8(2)11(13)9-6-4-5-7-10(9)12/h4-8H,3H2,1-2H3. The van der Waals surface area contributed by atoms with Gasteiger partial charge in [0.1, 0.15) is 0 Å². The van der Waals surface area contributed by atoms with Crippen molar-refractivity contribution in [1.82, 2.24) is 0 Å². The van der Waals surface area contributed by atoms with Crippen molar-refractivity contribution in [1.29, 1.82) is 0 Å². The molecule has 1 nitrogen and oxygen atoms in total. The van der Waals surface area contributed by atoms with E-state index in [9.17, 15) is 4.79 Å². The molecule has 70 valence electrons. The zero-order valence-corrected chi connectivity index (χ0v) is 8.64. The van der Waals surface area contributed by atoms with Crippen molar-refractivity contribution in [2.75, 3.05) is 0 Å². The first-order chi connectivity index (χ1) is 6.16. The minimum absolute atomic E-state index is 0.0555. The van der Waals surface area contributed by atoms with Gasteiger partial charge >= 0.3 is 0 Å². The van der Waals surface area contributed by atoms with Crippen LogP contribution in [0.1, 0.15) is 30.6 Å². The Hall–Kier alpha value is -0.820. The van der Waals surface area contributed by atoms with Gasteiger partial charge in [0, 0.05) is 11.5 Å². The summed E-state index contributed by atoms with van der Waals surface area (Å²) in [5, 5.41) is 0.549. The van der Waals surface area contributed by atoms with E-state index >= 15 is 0 Å². The fourth-order valence-corrected chi connectivity index (χ4v) is 1.34. The van der Waals surface area contributed by atoms with Crippen LogP contribution in [0.3, 0.4) is 0 Å². The molecule has 1 unspecified atom stereocenters. The van der Waals surface area contributed by atoms with Crippen molar-refractivity contribution in [2.45, 2.75) is 20.3 Å². The van der Waals surface area contributed by atoms with E-state index in [4.69, 9.17) is 11.6 Å². The van der Waals surface area contributed by atoms with Gasteiger partial charge in [-0.3, -0.25) is 4.79 Å². The Labute approximate surface area is 83.7 Å². The summed E-state index contributed by atoms with van der Waals surface area (Å²) in [7, 11) is 0. The highest BCUT2D eigenvalue weighted by atomic mass is 35.5.